The second-order valence-electron chi connectivity index (χ2n) is 4.92. The summed E-state index contributed by atoms with van der Waals surface area (Å²) >= 11 is 3.28. The molecule has 1 N–H and O–H groups in total. The standard InChI is InChI=1S/C12H13BrN4O/c1-12(2,3)9-8(13)11(18)17-10(16-9)7-6-14-4-5-15-7/h4-6H,1-3H3,(H,16,17,18). The van der Waals surface area contributed by atoms with Gasteiger partial charge in [0.25, 0.3) is 5.56 Å². The van der Waals surface area contributed by atoms with E-state index in [1.165, 1.54) is 0 Å². The smallest absolute Gasteiger partial charge is 0.265 e. The van der Waals surface area contributed by atoms with Gasteiger partial charge in [-0.05, 0) is 15.9 Å². The predicted octanol–water partition coefficient (Wildman–Crippen LogP) is 2.29. The molecule has 2 heterocycles. The third-order valence-electron chi connectivity index (χ3n) is 2.38. The molecule has 0 aliphatic rings. The Bertz CT molecular complexity index is 616. The van der Waals surface area contributed by atoms with Crippen molar-refractivity contribution < 1.29 is 0 Å². The van der Waals surface area contributed by atoms with Crippen molar-refractivity contribution in [2.75, 3.05) is 0 Å². The number of hydrogen-bond acceptors (Lipinski definition) is 4. The van der Waals surface area contributed by atoms with Crippen LogP contribution < -0.4 is 5.56 Å². The molecule has 6 heteroatoms. The summed E-state index contributed by atoms with van der Waals surface area (Å²) in [5.74, 6) is 0.432. The molecule has 0 radical (unpaired) electrons. The highest BCUT2D eigenvalue weighted by atomic mass is 79.9. The van der Waals surface area contributed by atoms with Crippen LogP contribution in [0, 0.1) is 0 Å². The van der Waals surface area contributed by atoms with Crippen molar-refractivity contribution in [2.45, 2.75) is 26.2 Å². The van der Waals surface area contributed by atoms with Crippen molar-refractivity contribution in [1.82, 2.24) is 19.9 Å². The Labute approximate surface area is 113 Å². The van der Waals surface area contributed by atoms with Crippen LogP contribution in [0.4, 0.5) is 0 Å². The SMILES string of the molecule is CC(C)(C)c1nc(-c2cnccn2)[nH]c(=O)c1Br. The minimum Gasteiger partial charge on any atom is -0.304 e. The fourth-order valence-corrected chi connectivity index (χ4v) is 2.28. The van der Waals surface area contributed by atoms with E-state index in [0.717, 1.165) is 0 Å². The lowest BCUT2D eigenvalue weighted by Crippen LogP contribution is -2.22. The van der Waals surface area contributed by atoms with Gasteiger partial charge in [0.2, 0.25) is 0 Å². The molecule has 0 saturated heterocycles. The summed E-state index contributed by atoms with van der Waals surface area (Å²) in [5.41, 5.74) is 0.805. The number of H-pyrrole nitrogens is 1. The van der Waals surface area contributed by atoms with Gasteiger partial charge in [0.05, 0.1) is 11.9 Å². The van der Waals surface area contributed by atoms with Gasteiger partial charge >= 0.3 is 0 Å². The first-order chi connectivity index (χ1) is 8.39. The quantitative estimate of drug-likeness (QED) is 0.877. The Morgan fingerprint density at radius 3 is 2.56 bits per heavy atom. The Morgan fingerprint density at radius 1 is 1.28 bits per heavy atom. The number of hydrogen-bond donors (Lipinski definition) is 1. The van der Waals surface area contributed by atoms with E-state index < -0.39 is 0 Å². The van der Waals surface area contributed by atoms with Crippen molar-refractivity contribution >= 4 is 15.9 Å². The van der Waals surface area contributed by atoms with Crippen LogP contribution in [0.25, 0.3) is 11.5 Å². The van der Waals surface area contributed by atoms with Gasteiger partial charge in [0, 0.05) is 17.8 Å². The number of aromatic nitrogens is 4. The Kier molecular flexibility index (Phi) is 3.30. The molecule has 2 rings (SSSR count). The van der Waals surface area contributed by atoms with Crippen LogP contribution in [0.2, 0.25) is 0 Å². The highest BCUT2D eigenvalue weighted by Crippen LogP contribution is 2.26. The average Bonchev–Trinajstić information content (AvgIpc) is 2.32. The topological polar surface area (TPSA) is 71.5 Å². The van der Waals surface area contributed by atoms with E-state index in [0.29, 0.717) is 21.7 Å². The van der Waals surface area contributed by atoms with Crippen molar-refractivity contribution in [3.8, 4) is 11.5 Å². The first kappa shape index (κ1) is 12.9. The van der Waals surface area contributed by atoms with E-state index in [1.807, 2.05) is 20.8 Å². The number of halogens is 1. The maximum absolute atomic E-state index is 11.9. The highest BCUT2D eigenvalue weighted by molar-refractivity contribution is 9.10. The van der Waals surface area contributed by atoms with Gasteiger partial charge in [0.15, 0.2) is 5.82 Å². The van der Waals surface area contributed by atoms with Crippen LogP contribution in [0.15, 0.2) is 27.9 Å². The zero-order chi connectivity index (χ0) is 13.3. The van der Waals surface area contributed by atoms with Crippen molar-refractivity contribution in [1.29, 1.82) is 0 Å². The summed E-state index contributed by atoms with van der Waals surface area (Å²) in [6.45, 7) is 6.00. The Hall–Kier alpha value is -1.56. The molecule has 2 aromatic rings. The van der Waals surface area contributed by atoms with Crippen molar-refractivity contribution in [3.05, 3.63) is 39.1 Å². The summed E-state index contributed by atoms with van der Waals surface area (Å²) in [6, 6.07) is 0. The lowest BCUT2D eigenvalue weighted by molar-refractivity contribution is 0.562. The van der Waals surface area contributed by atoms with Crippen LogP contribution in [-0.2, 0) is 5.41 Å². The zero-order valence-electron chi connectivity index (χ0n) is 10.4. The van der Waals surface area contributed by atoms with Crippen LogP contribution in [-0.4, -0.2) is 19.9 Å². The van der Waals surface area contributed by atoms with E-state index in [-0.39, 0.29) is 11.0 Å². The van der Waals surface area contributed by atoms with Crippen molar-refractivity contribution in [3.63, 3.8) is 0 Å². The molecule has 18 heavy (non-hydrogen) atoms. The van der Waals surface area contributed by atoms with Gasteiger partial charge in [-0.15, -0.1) is 0 Å². The molecule has 94 valence electrons. The predicted molar refractivity (Wildman–Crippen MR) is 72.3 cm³/mol. The molecule has 0 spiro atoms. The molecule has 0 saturated carbocycles. The molecular formula is C12H13BrN4O. The minimum absolute atomic E-state index is 0.212. The molecule has 0 atom stereocenters. The number of aromatic amines is 1. The van der Waals surface area contributed by atoms with E-state index in [1.54, 1.807) is 18.6 Å². The van der Waals surface area contributed by atoms with Crippen LogP contribution in [0.5, 0.6) is 0 Å². The maximum Gasteiger partial charge on any atom is 0.265 e. The average molecular weight is 309 g/mol. The molecule has 5 nitrogen and oxygen atoms in total. The molecule has 0 amide bonds. The second-order valence-corrected chi connectivity index (χ2v) is 5.71. The first-order valence-corrected chi connectivity index (χ1v) is 6.25. The van der Waals surface area contributed by atoms with Crippen LogP contribution in [0.1, 0.15) is 26.5 Å². The lowest BCUT2D eigenvalue weighted by atomic mass is 9.92. The van der Waals surface area contributed by atoms with E-state index in [2.05, 4.69) is 35.9 Å². The summed E-state index contributed by atoms with van der Waals surface area (Å²) < 4.78 is 0.461. The normalized spacial score (nSPS) is 11.6. The Morgan fingerprint density at radius 2 is 2.00 bits per heavy atom. The Balaban J connectivity index is 2.66. The summed E-state index contributed by atoms with van der Waals surface area (Å²) in [6.07, 6.45) is 4.71. The van der Waals surface area contributed by atoms with Crippen LogP contribution in [0.3, 0.4) is 0 Å². The molecule has 0 aliphatic heterocycles. The second kappa shape index (κ2) is 4.61. The highest BCUT2D eigenvalue weighted by Gasteiger charge is 2.22. The number of nitrogens with zero attached hydrogens (tertiary/aromatic N) is 3. The molecule has 2 aromatic heterocycles. The van der Waals surface area contributed by atoms with Gasteiger partial charge in [-0.2, -0.15) is 0 Å². The summed E-state index contributed by atoms with van der Waals surface area (Å²) in [4.78, 5) is 27.1. The fourth-order valence-electron chi connectivity index (χ4n) is 1.50. The first-order valence-electron chi connectivity index (χ1n) is 5.46. The van der Waals surface area contributed by atoms with Gasteiger partial charge in [-0.3, -0.25) is 9.78 Å². The van der Waals surface area contributed by atoms with E-state index >= 15 is 0 Å². The van der Waals surface area contributed by atoms with Crippen LogP contribution >= 0.6 is 15.9 Å². The fraction of sp³-hybridized carbons (Fsp3) is 0.333. The van der Waals surface area contributed by atoms with Gasteiger partial charge in [-0.25, -0.2) is 9.97 Å². The molecule has 0 unspecified atom stereocenters. The van der Waals surface area contributed by atoms with Gasteiger partial charge in [0.1, 0.15) is 10.2 Å². The van der Waals surface area contributed by atoms with Gasteiger partial charge < -0.3 is 4.98 Å². The van der Waals surface area contributed by atoms with Crippen molar-refractivity contribution in [2.24, 2.45) is 0 Å². The largest absolute Gasteiger partial charge is 0.304 e. The summed E-state index contributed by atoms with van der Waals surface area (Å²) in [5, 5.41) is 0. The molecule has 0 fully saturated rings. The maximum atomic E-state index is 11.9. The number of rotatable bonds is 1. The van der Waals surface area contributed by atoms with Gasteiger partial charge in [-0.1, -0.05) is 20.8 Å². The van der Waals surface area contributed by atoms with E-state index in [9.17, 15) is 4.79 Å². The van der Waals surface area contributed by atoms with E-state index in [4.69, 9.17) is 0 Å². The third kappa shape index (κ3) is 2.48. The molecule has 0 bridgehead atoms. The monoisotopic (exact) mass is 308 g/mol. The lowest BCUT2D eigenvalue weighted by Gasteiger charge is -2.19. The molecule has 0 aliphatic carbocycles. The summed E-state index contributed by atoms with van der Waals surface area (Å²) in [7, 11) is 0. The third-order valence-corrected chi connectivity index (χ3v) is 3.11. The zero-order valence-corrected chi connectivity index (χ0v) is 11.9. The number of nitrogens with one attached hydrogen (secondary N) is 1. The minimum atomic E-state index is -0.232. The molecule has 0 aromatic carbocycles. The molecular weight excluding hydrogens is 296 g/mol.